The normalized spacial score (nSPS) is 16.0. The van der Waals surface area contributed by atoms with Crippen LogP contribution in [0.2, 0.25) is 0 Å². The fourth-order valence-corrected chi connectivity index (χ4v) is 5.55. The van der Waals surface area contributed by atoms with E-state index in [1.54, 1.807) is 11.3 Å². The van der Waals surface area contributed by atoms with Crippen LogP contribution in [0.1, 0.15) is 59.9 Å². The second-order valence-electron chi connectivity index (χ2n) is 9.68. The van der Waals surface area contributed by atoms with Crippen LogP contribution in [0.4, 0.5) is 5.00 Å². The zero-order valence-electron chi connectivity index (χ0n) is 19.3. The topological polar surface area (TPSA) is 45.4 Å². The number of para-hydroxylation sites is 1. The molecule has 0 unspecified atom stereocenters. The predicted octanol–water partition coefficient (Wildman–Crippen LogP) is 7.41. The first-order valence-electron chi connectivity index (χ1n) is 11.2. The van der Waals surface area contributed by atoms with Gasteiger partial charge in [0.15, 0.2) is 0 Å². The van der Waals surface area contributed by atoms with Gasteiger partial charge in [0.1, 0.15) is 23.4 Å². The van der Waals surface area contributed by atoms with Gasteiger partial charge in [-0.25, -0.2) is 4.99 Å². The Balaban J connectivity index is 1.55. The number of hydrogen-bond donors (Lipinski definition) is 0. The summed E-state index contributed by atoms with van der Waals surface area (Å²) < 4.78 is 6.10. The van der Waals surface area contributed by atoms with E-state index in [2.05, 4.69) is 52.0 Å². The third kappa shape index (κ3) is 4.95. The van der Waals surface area contributed by atoms with Crippen LogP contribution in [0.15, 0.2) is 53.5 Å². The van der Waals surface area contributed by atoms with Gasteiger partial charge < -0.3 is 4.74 Å². The van der Waals surface area contributed by atoms with Crippen LogP contribution < -0.4 is 4.74 Å². The van der Waals surface area contributed by atoms with E-state index in [0.717, 1.165) is 46.7 Å². The van der Waals surface area contributed by atoms with Gasteiger partial charge in [-0.1, -0.05) is 62.7 Å². The van der Waals surface area contributed by atoms with Crippen molar-refractivity contribution < 1.29 is 4.74 Å². The molecule has 0 saturated heterocycles. The molecule has 4 rings (SSSR count). The first kappa shape index (κ1) is 22.3. The number of aliphatic imine (C=N–C) groups is 1. The molecule has 1 heterocycles. The van der Waals surface area contributed by atoms with E-state index in [9.17, 15) is 5.26 Å². The van der Waals surface area contributed by atoms with Crippen LogP contribution in [0.3, 0.4) is 0 Å². The monoisotopic (exact) mass is 442 g/mol. The van der Waals surface area contributed by atoms with Crippen LogP contribution >= 0.6 is 11.3 Å². The summed E-state index contributed by atoms with van der Waals surface area (Å²) in [6, 6.07) is 18.7. The number of nitrogens with zero attached hydrogens (tertiary/aromatic N) is 2. The van der Waals surface area contributed by atoms with Crippen molar-refractivity contribution in [3.05, 3.63) is 81.2 Å². The van der Waals surface area contributed by atoms with Crippen LogP contribution in [-0.4, -0.2) is 6.21 Å². The maximum atomic E-state index is 9.83. The molecule has 3 nitrogen and oxygen atoms in total. The molecule has 0 spiro atoms. The number of nitriles is 1. The molecule has 0 amide bonds. The fourth-order valence-electron chi connectivity index (χ4n) is 4.33. The Labute approximate surface area is 195 Å². The van der Waals surface area contributed by atoms with Gasteiger partial charge >= 0.3 is 0 Å². The second kappa shape index (κ2) is 9.30. The highest BCUT2D eigenvalue weighted by Crippen LogP contribution is 2.44. The summed E-state index contributed by atoms with van der Waals surface area (Å²) in [5, 5.41) is 10.7. The average molecular weight is 443 g/mol. The van der Waals surface area contributed by atoms with Crippen LogP contribution in [0.5, 0.6) is 5.75 Å². The van der Waals surface area contributed by atoms with Gasteiger partial charge in [0.05, 0.1) is 5.56 Å². The Morgan fingerprint density at radius 2 is 2.00 bits per heavy atom. The molecule has 0 radical (unpaired) electrons. The molecule has 0 saturated carbocycles. The first-order valence-corrected chi connectivity index (χ1v) is 12.0. The van der Waals surface area contributed by atoms with E-state index in [1.165, 1.54) is 16.0 Å². The van der Waals surface area contributed by atoms with Crippen molar-refractivity contribution in [1.82, 2.24) is 0 Å². The van der Waals surface area contributed by atoms with Crippen LogP contribution in [0.25, 0.3) is 0 Å². The van der Waals surface area contributed by atoms with Crippen molar-refractivity contribution in [2.75, 3.05) is 0 Å². The Hall–Kier alpha value is -2.90. The second-order valence-corrected chi connectivity index (χ2v) is 10.8. The molecule has 2 aromatic carbocycles. The van der Waals surface area contributed by atoms with E-state index in [-0.39, 0.29) is 5.41 Å². The number of rotatable bonds is 5. The molecule has 1 aliphatic rings. The predicted molar refractivity (Wildman–Crippen MR) is 133 cm³/mol. The van der Waals surface area contributed by atoms with Crippen molar-refractivity contribution in [1.29, 1.82) is 5.26 Å². The lowest BCUT2D eigenvalue weighted by Gasteiger charge is -2.33. The summed E-state index contributed by atoms with van der Waals surface area (Å²) in [5.41, 5.74) is 5.54. The Bertz CT molecular complexity index is 1180. The number of ether oxygens (including phenoxy) is 1. The quantitative estimate of drug-likeness (QED) is 0.386. The molecular weight excluding hydrogens is 412 g/mol. The van der Waals surface area contributed by atoms with Gasteiger partial charge in [-0.2, -0.15) is 5.26 Å². The number of benzene rings is 2. The summed E-state index contributed by atoms with van der Waals surface area (Å²) >= 11 is 1.68. The molecule has 0 aliphatic heterocycles. The summed E-state index contributed by atoms with van der Waals surface area (Å²) in [4.78, 5) is 6.10. The van der Waals surface area contributed by atoms with Crippen molar-refractivity contribution in [3.63, 3.8) is 0 Å². The molecule has 32 heavy (non-hydrogen) atoms. The minimum atomic E-state index is 0.283. The highest BCUT2D eigenvalue weighted by Gasteiger charge is 2.32. The molecule has 4 heteroatoms. The summed E-state index contributed by atoms with van der Waals surface area (Å²) in [6.07, 6.45) is 5.00. The molecule has 1 atom stereocenters. The maximum Gasteiger partial charge on any atom is 0.134 e. The highest BCUT2D eigenvalue weighted by atomic mass is 32.1. The molecule has 1 aromatic heterocycles. The first-order chi connectivity index (χ1) is 15.3. The molecule has 3 aromatic rings. The third-order valence-corrected chi connectivity index (χ3v) is 7.46. The minimum absolute atomic E-state index is 0.283. The number of hydrogen-bond acceptors (Lipinski definition) is 4. The lowest BCUT2D eigenvalue weighted by atomic mass is 9.72. The van der Waals surface area contributed by atoms with E-state index in [4.69, 9.17) is 9.73 Å². The van der Waals surface area contributed by atoms with Gasteiger partial charge in [0.2, 0.25) is 0 Å². The third-order valence-electron chi connectivity index (χ3n) is 6.30. The lowest BCUT2D eigenvalue weighted by Crippen LogP contribution is -2.26. The summed E-state index contributed by atoms with van der Waals surface area (Å²) in [6.45, 7) is 9.54. The van der Waals surface area contributed by atoms with E-state index >= 15 is 0 Å². The summed E-state index contributed by atoms with van der Waals surface area (Å²) in [5.74, 6) is 1.44. The maximum absolute atomic E-state index is 9.83. The van der Waals surface area contributed by atoms with E-state index < -0.39 is 0 Å². The highest BCUT2D eigenvalue weighted by molar-refractivity contribution is 7.16. The van der Waals surface area contributed by atoms with E-state index in [1.807, 2.05) is 36.5 Å². The van der Waals surface area contributed by atoms with E-state index in [0.29, 0.717) is 12.5 Å². The molecular formula is C28H30N2OS. The molecule has 164 valence electrons. The van der Waals surface area contributed by atoms with Gasteiger partial charge in [0, 0.05) is 16.7 Å². The zero-order valence-corrected chi connectivity index (χ0v) is 20.1. The molecule has 0 bridgehead atoms. The van der Waals surface area contributed by atoms with Gasteiger partial charge in [0.25, 0.3) is 0 Å². The van der Waals surface area contributed by atoms with Crippen molar-refractivity contribution in [3.8, 4) is 11.8 Å². The lowest BCUT2D eigenvalue weighted by molar-refractivity contribution is 0.218. The van der Waals surface area contributed by atoms with Crippen molar-refractivity contribution in [2.24, 2.45) is 16.3 Å². The zero-order chi connectivity index (χ0) is 22.7. The summed E-state index contributed by atoms with van der Waals surface area (Å²) in [7, 11) is 0. The smallest absolute Gasteiger partial charge is 0.134 e. The van der Waals surface area contributed by atoms with Gasteiger partial charge in [-0.15, -0.1) is 11.3 Å². The Kier molecular flexibility index (Phi) is 6.48. The van der Waals surface area contributed by atoms with Gasteiger partial charge in [-0.3, -0.25) is 0 Å². The molecule has 0 fully saturated rings. The Morgan fingerprint density at radius 3 is 2.75 bits per heavy atom. The van der Waals surface area contributed by atoms with Gasteiger partial charge in [-0.05, 0) is 60.8 Å². The Morgan fingerprint density at radius 1 is 1.19 bits per heavy atom. The van der Waals surface area contributed by atoms with Crippen LogP contribution in [0, 0.1) is 29.6 Å². The minimum Gasteiger partial charge on any atom is -0.488 e. The van der Waals surface area contributed by atoms with Crippen molar-refractivity contribution >= 4 is 22.6 Å². The number of aryl methyl sites for hydroxylation is 1. The number of fused-ring (bicyclic) bond motifs is 1. The molecule has 0 N–H and O–H groups in total. The average Bonchev–Trinajstić information content (AvgIpc) is 3.13. The SMILES string of the molecule is Cc1cccc(COc2ccccc2C=Nc2sc3c(c2C#N)CC[C@@H](C(C)(C)C)C3)c1. The molecule has 1 aliphatic carbocycles. The fraction of sp³-hybridized carbons (Fsp3) is 0.357. The largest absolute Gasteiger partial charge is 0.488 e. The number of thiophene rings is 1. The van der Waals surface area contributed by atoms with Crippen LogP contribution in [-0.2, 0) is 19.4 Å². The standard InChI is InChI=1S/C28H30N2OS/c1-19-8-7-9-20(14-19)18-31-25-11-6-5-10-21(25)17-30-27-24(16-29)23-13-12-22(28(2,3)4)15-26(23)32-27/h5-11,14,17,22H,12-13,15,18H2,1-4H3/t22-/m1/s1. The van der Waals surface area contributed by atoms with Crippen molar-refractivity contribution in [2.45, 2.75) is 53.6 Å².